The first-order valence-electron chi connectivity index (χ1n) is 22.3. The van der Waals surface area contributed by atoms with Crippen LogP contribution < -0.4 is 9.83 Å². The van der Waals surface area contributed by atoms with Gasteiger partial charge in [0.2, 0.25) is 0 Å². The Morgan fingerprint density at radius 3 is 1.46 bits per heavy atom. The Bertz CT molecular complexity index is 1880. The van der Waals surface area contributed by atoms with Crippen molar-refractivity contribution >= 4 is 13.2 Å². The molecule has 0 bridgehead atoms. The number of unbranched alkanes of at least 4 members (excludes halogenated alkanes) is 1. The summed E-state index contributed by atoms with van der Waals surface area (Å²) in [7, 11) is -3.99. The molecular weight excluding hydrogens is 747 g/mol. The first-order chi connectivity index (χ1) is 26.6. The highest BCUT2D eigenvalue weighted by atomic mass is 31.2. The molecule has 0 spiro atoms. The summed E-state index contributed by atoms with van der Waals surface area (Å²) in [6.45, 7) is 49.2. The SMILES string of the molecule is C/C=C/C(C)(C)c1ccc([P+](OF)(Oc2ccc(C(C)(C)C)cc2C(C)(C)C)OC(CCCC)Cc2c(C(C)(C)C)cc(C(C)(C)C)cc2C(C)(C)C)c(C(C)(C)C)c1. The Hall–Kier alpha value is -2.52. The zero-order valence-corrected chi connectivity index (χ0v) is 42.6. The molecule has 0 radical (unpaired) electrons. The molecule has 0 N–H and O–H groups in total. The molecule has 0 amide bonds. The van der Waals surface area contributed by atoms with Crippen LogP contribution in [0.15, 0.2) is 60.7 Å². The van der Waals surface area contributed by atoms with E-state index in [1.165, 1.54) is 27.8 Å². The maximum Gasteiger partial charge on any atom is 0.534 e. The maximum atomic E-state index is 16.6. The molecule has 0 saturated heterocycles. The molecule has 0 fully saturated rings. The molecule has 59 heavy (non-hydrogen) atoms. The van der Waals surface area contributed by atoms with E-state index in [9.17, 15) is 0 Å². The normalized spacial score (nSPS) is 15.4. The van der Waals surface area contributed by atoms with Crippen LogP contribution in [0, 0.1) is 0 Å². The number of hydrogen-bond donors (Lipinski definition) is 0. The summed E-state index contributed by atoms with van der Waals surface area (Å²) in [5.74, 6) is 0.587. The van der Waals surface area contributed by atoms with Gasteiger partial charge in [0.15, 0.2) is 11.1 Å². The van der Waals surface area contributed by atoms with Gasteiger partial charge in [-0.25, -0.2) is 0 Å². The number of hydrogen-bond acceptors (Lipinski definition) is 3. The third-order valence-electron chi connectivity index (χ3n) is 11.7. The molecule has 3 rings (SSSR count). The van der Waals surface area contributed by atoms with Crippen LogP contribution >= 0.6 is 7.94 Å². The van der Waals surface area contributed by atoms with Crippen molar-refractivity contribution in [2.75, 3.05) is 0 Å². The monoisotopic (exact) mass is 832 g/mol. The summed E-state index contributed by atoms with van der Waals surface area (Å²) in [5, 5.41) is 0.643. The minimum atomic E-state index is -3.99. The molecule has 3 nitrogen and oxygen atoms in total. The Labute approximate surface area is 363 Å². The van der Waals surface area contributed by atoms with Gasteiger partial charge in [0, 0.05) is 27.7 Å². The van der Waals surface area contributed by atoms with Crippen LogP contribution in [-0.2, 0) is 53.6 Å². The van der Waals surface area contributed by atoms with Crippen LogP contribution in [0.5, 0.6) is 5.75 Å². The molecule has 0 aliphatic carbocycles. The van der Waals surface area contributed by atoms with Crippen molar-refractivity contribution in [1.82, 2.24) is 0 Å². The maximum absolute atomic E-state index is 16.6. The molecule has 5 heteroatoms. The van der Waals surface area contributed by atoms with Crippen LogP contribution in [0.25, 0.3) is 0 Å². The Balaban J connectivity index is 2.53. The standard InChI is InChI=1S/C54H85FO3P/c1-23-25-26-40(36-41-42(50(9,10)11)34-39(49(6,7)8)35-43(41)51(12,13)14)56-59(58-55,57-46-29-27-37(48(3,4)5)32-44(46)52(15,16)17)47-30-28-38(54(21,22)31-24-2)33-45(47)53(18,19)20/h24,27-35,40H,23,25-26,36H2,1-22H3/q+1/b31-24+. The lowest BCUT2D eigenvalue weighted by molar-refractivity contribution is -0.0412. The first-order valence-corrected chi connectivity index (χ1v) is 23.9. The van der Waals surface area contributed by atoms with Gasteiger partial charge in [0.1, 0.15) is 6.10 Å². The van der Waals surface area contributed by atoms with E-state index in [2.05, 4.69) is 201 Å². The van der Waals surface area contributed by atoms with Crippen LogP contribution in [-0.4, -0.2) is 6.10 Å². The second-order valence-electron chi connectivity index (χ2n) is 23.9. The summed E-state index contributed by atoms with van der Waals surface area (Å²) >= 11 is 0. The third kappa shape index (κ3) is 12.5. The number of rotatable bonds is 13. The summed E-state index contributed by atoms with van der Waals surface area (Å²) in [5.41, 5.74) is 8.15. The van der Waals surface area contributed by atoms with Crippen molar-refractivity contribution in [3.8, 4) is 5.75 Å². The van der Waals surface area contributed by atoms with Crippen LogP contribution in [0.2, 0.25) is 0 Å². The second-order valence-corrected chi connectivity index (χ2v) is 26.0. The molecular formula is C54H85FO3P+. The molecule has 330 valence electrons. The van der Waals surface area contributed by atoms with Crippen molar-refractivity contribution in [2.45, 2.75) is 222 Å². The molecule has 2 atom stereocenters. The van der Waals surface area contributed by atoms with Crippen molar-refractivity contribution in [2.24, 2.45) is 0 Å². The van der Waals surface area contributed by atoms with E-state index in [1.807, 2.05) is 12.1 Å². The molecule has 0 heterocycles. The van der Waals surface area contributed by atoms with Crippen LogP contribution in [0.1, 0.15) is 216 Å². The van der Waals surface area contributed by atoms with E-state index in [0.29, 0.717) is 17.5 Å². The summed E-state index contributed by atoms with van der Waals surface area (Å²) in [4.78, 5) is 0. The van der Waals surface area contributed by atoms with E-state index in [1.54, 1.807) is 0 Å². The quantitative estimate of drug-likeness (QED) is 0.127. The van der Waals surface area contributed by atoms with Crippen LogP contribution in [0.3, 0.4) is 0 Å². The van der Waals surface area contributed by atoms with Gasteiger partial charge < -0.3 is 0 Å². The third-order valence-corrected chi connectivity index (χ3v) is 13.9. The lowest BCUT2D eigenvalue weighted by Crippen LogP contribution is -2.34. The van der Waals surface area contributed by atoms with Gasteiger partial charge in [-0.1, -0.05) is 207 Å². The molecule has 0 aliphatic rings. The van der Waals surface area contributed by atoms with E-state index in [4.69, 9.17) is 13.8 Å². The molecule has 0 saturated carbocycles. The topological polar surface area (TPSA) is 27.7 Å². The summed E-state index contributed by atoms with van der Waals surface area (Å²) < 4.78 is 36.8. The van der Waals surface area contributed by atoms with E-state index in [0.717, 1.165) is 36.0 Å². The van der Waals surface area contributed by atoms with Crippen molar-refractivity contribution in [3.05, 3.63) is 105 Å². The summed E-state index contributed by atoms with van der Waals surface area (Å²) in [6, 6.07) is 17.6. The molecule has 3 aromatic rings. The highest BCUT2D eigenvalue weighted by Crippen LogP contribution is 2.64. The zero-order valence-electron chi connectivity index (χ0n) is 41.7. The highest BCUT2D eigenvalue weighted by Gasteiger charge is 2.58. The average molecular weight is 832 g/mol. The molecule has 2 unspecified atom stereocenters. The molecule has 0 aromatic heterocycles. The van der Waals surface area contributed by atoms with E-state index in [-0.39, 0.29) is 32.5 Å². The largest absolute Gasteiger partial charge is 0.534 e. The minimum absolute atomic E-state index is 0.0302. The van der Waals surface area contributed by atoms with Crippen molar-refractivity contribution in [1.29, 1.82) is 0 Å². The van der Waals surface area contributed by atoms with Gasteiger partial charge in [-0.05, 0) is 95.9 Å². The Morgan fingerprint density at radius 1 is 0.576 bits per heavy atom. The molecule has 0 aliphatic heterocycles. The number of halogens is 1. The lowest BCUT2D eigenvalue weighted by atomic mass is 9.71. The first kappa shape index (κ1) is 50.8. The molecule has 3 aromatic carbocycles. The van der Waals surface area contributed by atoms with E-state index < -0.39 is 19.5 Å². The summed E-state index contributed by atoms with van der Waals surface area (Å²) in [6.07, 6.45) is 7.14. The van der Waals surface area contributed by atoms with Gasteiger partial charge in [0.05, 0.1) is 0 Å². The number of allylic oxidation sites excluding steroid dienone is 2. The van der Waals surface area contributed by atoms with Gasteiger partial charge in [-0.3, -0.25) is 4.52 Å². The van der Waals surface area contributed by atoms with Gasteiger partial charge in [0.25, 0.3) is 0 Å². The highest BCUT2D eigenvalue weighted by molar-refractivity contribution is 7.69. The lowest BCUT2D eigenvalue weighted by Gasteiger charge is -2.35. The van der Waals surface area contributed by atoms with Gasteiger partial charge >= 0.3 is 7.94 Å². The predicted octanol–water partition coefficient (Wildman–Crippen LogP) is 16.5. The van der Waals surface area contributed by atoms with E-state index >= 15 is 4.53 Å². The number of benzene rings is 3. The fraction of sp³-hybridized carbons (Fsp3) is 0.630. The smallest absolute Gasteiger partial charge is 0.278 e. The Kier molecular flexibility index (Phi) is 15.6. The fourth-order valence-electron chi connectivity index (χ4n) is 7.99. The minimum Gasteiger partial charge on any atom is -0.278 e. The van der Waals surface area contributed by atoms with Gasteiger partial charge in [-0.15, -0.1) is 0 Å². The second kappa shape index (κ2) is 18.1. The van der Waals surface area contributed by atoms with Crippen molar-refractivity contribution in [3.63, 3.8) is 0 Å². The zero-order chi connectivity index (χ0) is 45.4. The predicted molar refractivity (Wildman–Crippen MR) is 257 cm³/mol. The average Bonchev–Trinajstić information content (AvgIpc) is 3.07. The Morgan fingerprint density at radius 2 is 1.03 bits per heavy atom. The fourth-order valence-corrected chi connectivity index (χ4v) is 10.3. The van der Waals surface area contributed by atoms with Crippen LogP contribution in [0.4, 0.5) is 4.53 Å². The van der Waals surface area contributed by atoms with Crippen molar-refractivity contribution < 1.29 is 18.3 Å². The van der Waals surface area contributed by atoms with Gasteiger partial charge in [-0.2, -0.15) is 4.52 Å².